The predicted molar refractivity (Wildman–Crippen MR) is 139 cm³/mol. The van der Waals surface area contributed by atoms with E-state index in [1.165, 1.54) is 12.8 Å². The molecule has 37 heavy (non-hydrogen) atoms. The van der Waals surface area contributed by atoms with Gasteiger partial charge in [0.25, 0.3) is 11.8 Å². The van der Waals surface area contributed by atoms with Crippen molar-refractivity contribution in [1.29, 1.82) is 0 Å². The molecule has 204 valence electrons. The SMILES string of the molecule is CCn1nc(C(=O)NCC2CCC(C)CC2)c(Cl)c1-c1ccc(CC[C@H]2CC2(F)F)cc1OC.O=S=O. The number of hydrogen-bond acceptors (Lipinski definition) is 5. The maximum absolute atomic E-state index is 13.2. The van der Waals surface area contributed by atoms with Gasteiger partial charge in [0, 0.05) is 31.0 Å². The normalized spacial score (nSPS) is 21.9. The molecule has 0 saturated heterocycles. The van der Waals surface area contributed by atoms with Gasteiger partial charge in [-0.2, -0.15) is 13.5 Å². The molecule has 2 fully saturated rings. The number of nitrogens with zero attached hydrogens (tertiary/aromatic N) is 2. The maximum Gasteiger partial charge on any atom is 0.335 e. The Kier molecular flexibility index (Phi) is 10.2. The third kappa shape index (κ3) is 7.37. The Morgan fingerprint density at radius 2 is 1.92 bits per heavy atom. The molecule has 1 aromatic carbocycles. The molecule has 1 N–H and O–H groups in total. The van der Waals surface area contributed by atoms with Crippen molar-refractivity contribution in [3.05, 3.63) is 34.5 Å². The van der Waals surface area contributed by atoms with E-state index in [0.29, 0.717) is 48.3 Å². The van der Waals surface area contributed by atoms with Crippen LogP contribution in [0.4, 0.5) is 8.78 Å². The maximum atomic E-state index is 13.2. The smallest absolute Gasteiger partial charge is 0.335 e. The van der Waals surface area contributed by atoms with Gasteiger partial charge in [0.05, 0.1) is 17.8 Å². The van der Waals surface area contributed by atoms with Gasteiger partial charge in [-0.25, -0.2) is 8.78 Å². The Morgan fingerprint density at radius 3 is 2.49 bits per heavy atom. The molecule has 1 heterocycles. The Balaban J connectivity index is 0.00000121. The van der Waals surface area contributed by atoms with Gasteiger partial charge in [0.15, 0.2) is 5.69 Å². The van der Waals surface area contributed by atoms with E-state index >= 15 is 0 Å². The van der Waals surface area contributed by atoms with E-state index in [2.05, 4.69) is 17.3 Å². The largest absolute Gasteiger partial charge is 0.496 e. The molecular formula is C26H34ClF2N3O4S. The van der Waals surface area contributed by atoms with Gasteiger partial charge in [0.1, 0.15) is 5.75 Å². The van der Waals surface area contributed by atoms with Crippen molar-refractivity contribution < 1.29 is 26.7 Å². The molecule has 2 saturated carbocycles. The summed E-state index contributed by atoms with van der Waals surface area (Å²) < 4.78 is 50.3. The summed E-state index contributed by atoms with van der Waals surface area (Å²) in [7, 11) is 1.57. The quantitative estimate of drug-likeness (QED) is 0.427. The predicted octanol–water partition coefficient (Wildman–Crippen LogP) is 5.71. The lowest BCUT2D eigenvalue weighted by molar-refractivity contribution is 0.0934. The van der Waals surface area contributed by atoms with Crippen LogP contribution < -0.4 is 10.1 Å². The molecule has 2 aromatic rings. The topological polar surface area (TPSA) is 90.3 Å². The van der Waals surface area contributed by atoms with Crippen LogP contribution in [0.5, 0.6) is 5.75 Å². The van der Waals surface area contributed by atoms with Crippen molar-refractivity contribution in [2.24, 2.45) is 17.8 Å². The average Bonchev–Trinajstić information content (AvgIpc) is 3.36. The summed E-state index contributed by atoms with van der Waals surface area (Å²) >= 11 is 5.96. The number of halogens is 3. The molecule has 1 atom stereocenters. The summed E-state index contributed by atoms with van der Waals surface area (Å²) in [5.74, 6) is -1.45. The van der Waals surface area contributed by atoms with E-state index in [1.807, 2.05) is 25.1 Å². The molecule has 1 aromatic heterocycles. The van der Waals surface area contributed by atoms with Crippen molar-refractivity contribution in [2.45, 2.75) is 71.3 Å². The lowest BCUT2D eigenvalue weighted by Gasteiger charge is -2.26. The van der Waals surface area contributed by atoms with Crippen LogP contribution in [0, 0.1) is 17.8 Å². The fraction of sp³-hybridized carbons (Fsp3) is 0.615. The van der Waals surface area contributed by atoms with Gasteiger partial charge in [0.2, 0.25) is 0 Å². The number of carbonyl (C=O) groups is 1. The van der Waals surface area contributed by atoms with E-state index in [9.17, 15) is 13.6 Å². The Hall–Kier alpha value is -2.33. The molecule has 2 aliphatic carbocycles. The second-order valence-electron chi connectivity index (χ2n) is 9.97. The number of nitrogens with one attached hydrogen (secondary N) is 1. The first-order chi connectivity index (χ1) is 17.6. The summed E-state index contributed by atoms with van der Waals surface area (Å²) in [4.78, 5) is 12.9. The van der Waals surface area contributed by atoms with Gasteiger partial charge in [-0.15, -0.1) is 0 Å². The van der Waals surface area contributed by atoms with E-state index in [4.69, 9.17) is 24.8 Å². The van der Waals surface area contributed by atoms with Crippen molar-refractivity contribution in [3.8, 4) is 17.0 Å². The minimum Gasteiger partial charge on any atom is -0.496 e. The van der Waals surface area contributed by atoms with E-state index < -0.39 is 23.4 Å². The molecule has 0 aliphatic heterocycles. The van der Waals surface area contributed by atoms with Crippen LogP contribution in [-0.4, -0.2) is 43.7 Å². The number of hydrogen-bond donors (Lipinski definition) is 1. The fourth-order valence-electron chi connectivity index (χ4n) is 4.94. The number of ether oxygens (including phenoxy) is 1. The second kappa shape index (κ2) is 13.0. The number of benzene rings is 1. The number of aryl methyl sites for hydroxylation is 2. The average molecular weight is 558 g/mol. The van der Waals surface area contributed by atoms with Crippen LogP contribution in [0.2, 0.25) is 5.02 Å². The number of aromatic nitrogens is 2. The Morgan fingerprint density at radius 1 is 1.27 bits per heavy atom. The summed E-state index contributed by atoms with van der Waals surface area (Å²) in [5.41, 5.74) is 2.49. The van der Waals surface area contributed by atoms with Crippen molar-refractivity contribution in [2.75, 3.05) is 13.7 Å². The summed E-state index contributed by atoms with van der Waals surface area (Å²) in [6, 6.07) is 5.65. The number of alkyl halides is 2. The minimum atomic E-state index is -2.50. The minimum absolute atomic E-state index is 0.0157. The van der Waals surface area contributed by atoms with Crippen LogP contribution in [0.25, 0.3) is 11.3 Å². The van der Waals surface area contributed by atoms with Crippen LogP contribution >= 0.6 is 11.6 Å². The number of methoxy groups -OCH3 is 1. The molecule has 11 heteroatoms. The van der Waals surface area contributed by atoms with Crippen molar-refractivity contribution in [3.63, 3.8) is 0 Å². The summed E-state index contributed by atoms with van der Waals surface area (Å²) in [6.07, 6.45) is 5.66. The zero-order chi connectivity index (χ0) is 27.2. The molecule has 4 rings (SSSR count). The van der Waals surface area contributed by atoms with Crippen LogP contribution in [0.1, 0.15) is 68.4 Å². The molecule has 7 nitrogen and oxygen atoms in total. The molecule has 0 bridgehead atoms. The Labute approximate surface area is 224 Å². The highest BCUT2D eigenvalue weighted by atomic mass is 35.5. The molecule has 0 radical (unpaired) electrons. The first-order valence-electron chi connectivity index (χ1n) is 12.7. The van der Waals surface area contributed by atoms with Crippen molar-refractivity contribution in [1.82, 2.24) is 15.1 Å². The van der Waals surface area contributed by atoms with Gasteiger partial charge in [-0.05, 0) is 62.1 Å². The van der Waals surface area contributed by atoms with Gasteiger partial charge < -0.3 is 10.1 Å². The lowest BCUT2D eigenvalue weighted by atomic mass is 9.83. The monoisotopic (exact) mass is 557 g/mol. The highest BCUT2D eigenvalue weighted by Gasteiger charge is 2.55. The molecule has 1 amide bonds. The van der Waals surface area contributed by atoms with Crippen LogP contribution in [-0.2, 0) is 24.5 Å². The highest BCUT2D eigenvalue weighted by Crippen LogP contribution is 2.51. The number of carbonyl (C=O) groups excluding carboxylic acids is 1. The Bertz CT molecular complexity index is 1130. The first-order valence-corrected chi connectivity index (χ1v) is 13.7. The fourth-order valence-corrected chi connectivity index (χ4v) is 5.26. The third-order valence-electron chi connectivity index (χ3n) is 7.35. The van der Waals surface area contributed by atoms with E-state index in [-0.39, 0.29) is 18.0 Å². The van der Waals surface area contributed by atoms with E-state index in [0.717, 1.165) is 29.9 Å². The van der Waals surface area contributed by atoms with Gasteiger partial charge >= 0.3 is 11.6 Å². The molecular weight excluding hydrogens is 524 g/mol. The zero-order valence-electron chi connectivity index (χ0n) is 21.4. The first kappa shape index (κ1) is 29.2. The van der Waals surface area contributed by atoms with Crippen molar-refractivity contribution >= 4 is 29.1 Å². The van der Waals surface area contributed by atoms with E-state index in [1.54, 1.807) is 11.8 Å². The molecule has 0 unspecified atom stereocenters. The van der Waals surface area contributed by atoms with Crippen LogP contribution in [0.3, 0.4) is 0 Å². The lowest BCUT2D eigenvalue weighted by Crippen LogP contribution is -2.31. The number of amides is 1. The highest BCUT2D eigenvalue weighted by molar-refractivity contribution is 7.51. The zero-order valence-corrected chi connectivity index (χ0v) is 23.0. The van der Waals surface area contributed by atoms with Gasteiger partial charge in [-0.1, -0.05) is 37.4 Å². The molecule has 2 aliphatic rings. The molecule has 0 spiro atoms. The summed E-state index contributed by atoms with van der Waals surface area (Å²) in [5, 5.41) is 7.81. The summed E-state index contributed by atoms with van der Waals surface area (Å²) in [6.45, 7) is 5.38. The standard InChI is InChI=1S/C26H34ClF2N3O2.O2S/c1-4-32-24(20-12-10-17(13-21(20)34-3)9-11-19-14-26(19,28)29)22(27)23(31-32)25(33)30-15-18-7-5-16(2)6-8-18;1-3-2/h10,12-13,16,18-19H,4-9,11,14-15H2,1-3H3,(H,30,33);/t16?,18?,19-;/m0./s1. The third-order valence-corrected chi connectivity index (χ3v) is 7.71. The second-order valence-corrected chi connectivity index (χ2v) is 10.5. The number of rotatable bonds is 9. The van der Waals surface area contributed by atoms with Gasteiger partial charge in [-0.3, -0.25) is 9.48 Å². The van der Waals surface area contributed by atoms with Crippen LogP contribution in [0.15, 0.2) is 18.2 Å².